The molecule has 94 valence electrons. The van der Waals surface area contributed by atoms with E-state index in [9.17, 15) is 13.2 Å². The number of rotatable bonds is 8. The fraction of sp³-hybridized carbons (Fsp3) is 0.889. The number of hydrogen-bond acceptors (Lipinski definition) is 4. The van der Waals surface area contributed by atoms with E-state index in [1.807, 2.05) is 0 Å². The highest BCUT2D eigenvalue weighted by atomic mass is 32.2. The standard InChI is InChI=1S/C9H19N3O3S/c1-10-16(14,15)5-4-12-9(13)7-11-6-8-2-3-8/h8,10-11H,2-7H2,1H3,(H,12,13). The molecule has 16 heavy (non-hydrogen) atoms. The Morgan fingerprint density at radius 1 is 1.38 bits per heavy atom. The Morgan fingerprint density at radius 3 is 2.62 bits per heavy atom. The van der Waals surface area contributed by atoms with Crippen LogP contribution in [0.2, 0.25) is 0 Å². The number of carbonyl (C=O) groups excluding carboxylic acids is 1. The molecule has 3 N–H and O–H groups in total. The maximum Gasteiger partial charge on any atom is 0.233 e. The second-order valence-electron chi connectivity index (χ2n) is 3.95. The van der Waals surface area contributed by atoms with Crippen LogP contribution in [0, 0.1) is 5.92 Å². The molecule has 0 unspecified atom stereocenters. The van der Waals surface area contributed by atoms with Gasteiger partial charge in [-0.25, -0.2) is 13.1 Å². The Labute approximate surface area is 96.2 Å². The first kappa shape index (κ1) is 13.4. The Balaban J connectivity index is 2.00. The van der Waals surface area contributed by atoms with Gasteiger partial charge in [0.25, 0.3) is 0 Å². The normalized spacial score (nSPS) is 16.1. The number of carbonyl (C=O) groups is 1. The van der Waals surface area contributed by atoms with Crippen LogP contribution in [0.15, 0.2) is 0 Å². The zero-order valence-electron chi connectivity index (χ0n) is 9.45. The predicted molar refractivity (Wildman–Crippen MR) is 61.4 cm³/mol. The predicted octanol–water partition coefficient (Wildman–Crippen LogP) is -1.35. The first-order chi connectivity index (χ1) is 7.53. The monoisotopic (exact) mass is 249 g/mol. The van der Waals surface area contributed by atoms with Crippen molar-refractivity contribution in [3.63, 3.8) is 0 Å². The lowest BCUT2D eigenvalue weighted by molar-refractivity contribution is -0.120. The molecular formula is C9H19N3O3S. The molecule has 0 aromatic carbocycles. The van der Waals surface area contributed by atoms with Gasteiger partial charge in [-0.05, 0) is 32.4 Å². The fourth-order valence-electron chi connectivity index (χ4n) is 1.20. The van der Waals surface area contributed by atoms with Crippen molar-refractivity contribution in [3.8, 4) is 0 Å². The Bertz CT molecular complexity index is 325. The van der Waals surface area contributed by atoms with Gasteiger partial charge in [0.05, 0.1) is 12.3 Å². The molecule has 0 spiro atoms. The molecule has 0 atom stereocenters. The van der Waals surface area contributed by atoms with Crippen molar-refractivity contribution < 1.29 is 13.2 Å². The summed E-state index contributed by atoms with van der Waals surface area (Å²) in [6.07, 6.45) is 2.49. The summed E-state index contributed by atoms with van der Waals surface area (Å²) in [6, 6.07) is 0. The highest BCUT2D eigenvalue weighted by Crippen LogP contribution is 2.27. The van der Waals surface area contributed by atoms with E-state index in [1.165, 1.54) is 19.9 Å². The SMILES string of the molecule is CNS(=O)(=O)CCNC(=O)CNCC1CC1. The van der Waals surface area contributed by atoms with Gasteiger partial charge in [-0.2, -0.15) is 0 Å². The van der Waals surface area contributed by atoms with Crippen molar-refractivity contribution >= 4 is 15.9 Å². The minimum absolute atomic E-state index is 0.0855. The van der Waals surface area contributed by atoms with Crippen LogP contribution in [0.1, 0.15) is 12.8 Å². The maximum atomic E-state index is 11.2. The largest absolute Gasteiger partial charge is 0.354 e. The van der Waals surface area contributed by atoms with E-state index in [4.69, 9.17) is 0 Å². The molecule has 7 heteroatoms. The van der Waals surface area contributed by atoms with E-state index < -0.39 is 10.0 Å². The van der Waals surface area contributed by atoms with Crippen LogP contribution in [-0.4, -0.2) is 46.8 Å². The molecular weight excluding hydrogens is 230 g/mol. The zero-order valence-corrected chi connectivity index (χ0v) is 10.3. The molecule has 1 fully saturated rings. The highest BCUT2D eigenvalue weighted by Gasteiger charge is 2.20. The summed E-state index contributed by atoms with van der Waals surface area (Å²) >= 11 is 0. The van der Waals surface area contributed by atoms with Crippen LogP contribution in [0.3, 0.4) is 0 Å². The van der Waals surface area contributed by atoms with Crippen molar-refractivity contribution in [2.75, 3.05) is 32.4 Å². The average Bonchev–Trinajstić information content (AvgIpc) is 3.01. The molecule has 6 nitrogen and oxygen atoms in total. The Morgan fingerprint density at radius 2 is 2.06 bits per heavy atom. The lowest BCUT2D eigenvalue weighted by atomic mass is 10.4. The highest BCUT2D eigenvalue weighted by molar-refractivity contribution is 7.89. The molecule has 0 heterocycles. The van der Waals surface area contributed by atoms with Gasteiger partial charge < -0.3 is 10.6 Å². The topological polar surface area (TPSA) is 87.3 Å². The summed E-state index contributed by atoms with van der Waals surface area (Å²) in [6.45, 7) is 1.28. The second kappa shape index (κ2) is 6.17. The van der Waals surface area contributed by atoms with Gasteiger partial charge in [-0.3, -0.25) is 4.79 Å². The van der Waals surface area contributed by atoms with Gasteiger partial charge in [0, 0.05) is 6.54 Å². The van der Waals surface area contributed by atoms with E-state index in [1.54, 1.807) is 0 Å². The molecule has 1 saturated carbocycles. The van der Waals surface area contributed by atoms with E-state index in [0.29, 0.717) is 0 Å². The molecule has 0 aromatic heterocycles. The molecule has 1 aliphatic carbocycles. The van der Waals surface area contributed by atoms with Gasteiger partial charge in [0.15, 0.2) is 0 Å². The lowest BCUT2D eigenvalue weighted by Gasteiger charge is -2.06. The van der Waals surface area contributed by atoms with Crippen LogP contribution in [0.4, 0.5) is 0 Å². The van der Waals surface area contributed by atoms with Crippen LogP contribution >= 0.6 is 0 Å². The molecule has 0 radical (unpaired) electrons. The molecule has 0 saturated heterocycles. The first-order valence-electron chi connectivity index (χ1n) is 5.42. The van der Waals surface area contributed by atoms with E-state index in [0.717, 1.165) is 12.5 Å². The zero-order chi connectivity index (χ0) is 12.0. The first-order valence-corrected chi connectivity index (χ1v) is 7.07. The van der Waals surface area contributed by atoms with Crippen molar-refractivity contribution in [1.82, 2.24) is 15.4 Å². The quantitative estimate of drug-likeness (QED) is 0.496. The maximum absolute atomic E-state index is 11.2. The van der Waals surface area contributed by atoms with Crippen LogP contribution in [0.25, 0.3) is 0 Å². The minimum atomic E-state index is -3.22. The Kier molecular flexibility index (Phi) is 5.17. The summed E-state index contributed by atoms with van der Waals surface area (Å²) in [5.41, 5.74) is 0. The van der Waals surface area contributed by atoms with Crippen molar-refractivity contribution in [2.45, 2.75) is 12.8 Å². The summed E-state index contributed by atoms with van der Waals surface area (Å²) in [5, 5.41) is 5.58. The van der Waals surface area contributed by atoms with Crippen LogP contribution in [0.5, 0.6) is 0 Å². The molecule has 0 bridgehead atoms. The number of nitrogens with one attached hydrogen (secondary N) is 3. The fourth-order valence-corrected chi connectivity index (χ4v) is 1.78. The van der Waals surface area contributed by atoms with E-state index in [-0.39, 0.29) is 24.7 Å². The summed E-state index contributed by atoms with van der Waals surface area (Å²) < 4.78 is 24.2. The average molecular weight is 249 g/mol. The third kappa shape index (κ3) is 6.04. The third-order valence-corrected chi connectivity index (χ3v) is 3.78. The third-order valence-electron chi connectivity index (χ3n) is 2.42. The molecule has 1 rings (SSSR count). The van der Waals surface area contributed by atoms with Crippen molar-refractivity contribution in [3.05, 3.63) is 0 Å². The van der Waals surface area contributed by atoms with E-state index >= 15 is 0 Å². The Hall–Kier alpha value is -0.660. The van der Waals surface area contributed by atoms with Crippen LogP contribution in [-0.2, 0) is 14.8 Å². The van der Waals surface area contributed by atoms with Gasteiger partial charge in [0.1, 0.15) is 0 Å². The molecule has 0 aliphatic heterocycles. The van der Waals surface area contributed by atoms with E-state index in [2.05, 4.69) is 15.4 Å². The van der Waals surface area contributed by atoms with Crippen molar-refractivity contribution in [1.29, 1.82) is 0 Å². The van der Waals surface area contributed by atoms with Gasteiger partial charge in [0.2, 0.25) is 15.9 Å². The van der Waals surface area contributed by atoms with Gasteiger partial charge >= 0.3 is 0 Å². The lowest BCUT2D eigenvalue weighted by Crippen LogP contribution is -2.38. The summed E-state index contributed by atoms with van der Waals surface area (Å²) in [5.74, 6) is 0.488. The minimum Gasteiger partial charge on any atom is -0.354 e. The molecule has 1 amide bonds. The second-order valence-corrected chi connectivity index (χ2v) is 5.99. The van der Waals surface area contributed by atoms with Crippen LogP contribution < -0.4 is 15.4 Å². The van der Waals surface area contributed by atoms with Gasteiger partial charge in [-0.15, -0.1) is 0 Å². The smallest absolute Gasteiger partial charge is 0.233 e. The number of hydrogen-bond donors (Lipinski definition) is 3. The van der Waals surface area contributed by atoms with Gasteiger partial charge in [-0.1, -0.05) is 0 Å². The number of sulfonamides is 1. The van der Waals surface area contributed by atoms with Crippen molar-refractivity contribution in [2.24, 2.45) is 5.92 Å². The summed E-state index contributed by atoms with van der Waals surface area (Å²) in [4.78, 5) is 11.2. The number of amides is 1. The molecule has 1 aliphatic rings. The summed E-state index contributed by atoms with van der Waals surface area (Å²) in [7, 11) is -1.87. The molecule has 0 aromatic rings.